The highest BCUT2D eigenvalue weighted by Crippen LogP contribution is 2.05. The van der Waals surface area contributed by atoms with Crippen LogP contribution in [0, 0.1) is 0 Å². The van der Waals surface area contributed by atoms with Crippen molar-refractivity contribution in [1.82, 2.24) is 9.97 Å². The van der Waals surface area contributed by atoms with Crippen LogP contribution in [-0.2, 0) is 0 Å². The van der Waals surface area contributed by atoms with Crippen LogP contribution < -0.4 is 0 Å². The summed E-state index contributed by atoms with van der Waals surface area (Å²) in [6.45, 7) is 0. The van der Waals surface area contributed by atoms with Crippen LogP contribution in [0.5, 0.6) is 0 Å². The molecule has 2 aromatic rings. The van der Waals surface area contributed by atoms with E-state index in [0.29, 0.717) is 0 Å². The topological polar surface area (TPSA) is 28.7 Å². The molecule has 1 aromatic carbocycles. The van der Waals surface area contributed by atoms with Crippen molar-refractivity contribution >= 4 is 34.1 Å². The van der Waals surface area contributed by atoms with E-state index in [9.17, 15) is 0 Å². The zero-order valence-electron chi connectivity index (χ0n) is 4.83. The number of rotatable bonds is 0. The zero-order valence-corrected chi connectivity index (χ0v) is 4.83. The van der Waals surface area contributed by atoms with Gasteiger partial charge in [-0.3, -0.25) is 0 Å². The number of para-hydroxylation sites is 2. The number of nitrogens with one attached hydrogen (secondary N) is 1. The summed E-state index contributed by atoms with van der Waals surface area (Å²) in [6.07, 6.45) is 1.70. The second kappa shape index (κ2) is 3.03. The molecule has 1 heterocycles. The number of aromatic nitrogens is 2. The molecule has 0 amide bonds. The lowest BCUT2D eigenvalue weighted by Gasteiger charge is -1.81. The summed E-state index contributed by atoms with van der Waals surface area (Å²) in [5, 5.41) is 0. The maximum atomic E-state index is 4.06. The molecule has 0 spiro atoms. The van der Waals surface area contributed by atoms with Crippen molar-refractivity contribution in [2.75, 3.05) is 0 Å². The molecule has 2 nitrogen and oxygen atoms in total. The Morgan fingerprint density at radius 2 is 2.00 bits per heavy atom. The lowest BCUT2D eigenvalue weighted by molar-refractivity contribution is 1.34. The van der Waals surface area contributed by atoms with Gasteiger partial charge in [0.2, 0.25) is 0 Å². The number of aromatic amines is 1. The van der Waals surface area contributed by atoms with Gasteiger partial charge in [0.05, 0.1) is 17.4 Å². The Hall–Kier alpha value is -0.544. The summed E-state index contributed by atoms with van der Waals surface area (Å²) in [5.74, 6) is 0. The number of fused-ring (bicyclic) bond motifs is 1. The normalized spacial score (nSPS) is 9.20. The Morgan fingerprint density at radius 1 is 1.20 bits per heavy atom. The third-order valence-electron chi connectivity index (χ3n) is 1.33. The number of hydrogen-bond acceptors (Lipinski definition) is 1. The largest absolute Gasteiger partial charge is 0.345 e. The first-order chi connectivity index (χ1) is 4.47. The van der Waals surface area contributed by atoms with Crippen molar-refractivity contribution < 1.29 is 0 Å². The first-order valence-electron chi connectivity index (χ1n) is 2.85. The molecule has 0 fully saturated rings. The highest BCUT2D eigenvalue weighted by atomic mass is 24.3. The van der Waals surface area contributed by atoms with Crippen molar-refractivity contribution in [2.45, 2.75) is 0 Å². The van der Waals surface area contributed by atoms with Crippen LogP contribution in [0.4, 0.5) is 0 Å². The van der Waals surface area contributed by atoms with Crippen LogP contribution in [0.1, 0.15) is 0 Å². The van der Waals surface area contributed by atoms with Gasteiger partial charge in [-0.15, -0.1) is 0 Å². The van der Waals surface area contributed by atoms with E-state index in [-0.39, 0.29) is 23.1 Å². The van der Waals surface area contributed by atoms with E-state index in [1.54, 1.807) is 6.33 Å². The van der Waals surface area contributed by atoms with Gasteiger partial charge in [-0.2, -0.15) is 0 Å². The van der Waals surface area contributed by atoms with Crippen LogP contribution in [0.3, 0.4) is 0 Å². The minimum absolute atomic E-state index is 0. The van der Waals surface area contributed by atoms with E-state index in [4.69, 9.17) is 0 Å². The van der Waals surface area contributed by atoms with E-state index >= 15 is 0 Å². The zero-order chi connectivity index (χ0) is 6.10. The number of H-pyrrole nitrogens is 1. The third kappa shape index (κ3) is 1.15. The Balaban J connectivity index is 0.000000500. The average molecular weight is 144 g/mol. The van der Waals surface area contributed by atoms with Crippen molar-refractivity contribution in [3.05, 3.63) is 30.6 Å². The summed E-state index contributed by atoms with van der Waals surface area (Å²) in [6, 6.07) is 7.94. The highest BCUT2D eigenvalue weighted by Gasteiger charge is 1.88. The standard InChI is InChI=1S/C7H6N2.Mg.2H/c1-2-4-7-6(3-1)8-5-9-7;;;/h1-5H,(H,8,9);;;. The van der Waals surface area contributed by atoms with E-state index in [1.807, 2.05) is 24.3 Å². The van der Waals surface area contributed by atoms with E-state index in [2.05, 4.69) is 9.97 Å². The quantitative estimate of drug-likeness (QED) is 0.541. The molecule has 0 atom stereocenters. The number of benzene rings is 1. The fourth-order valence-corrected chi connectivity index (χ4v) is 0.880. The smallest absolute Gasteiger partial charge is 0.316 e. The van der Waals surface area contributed by atoms with Crippen LogP contribution in [0.25, 0.3) is 11.0 Å². The Morgan fingerprint density at radius 3 is 2.80 bits per heavy atom. The predicted molar refractivity (Wildman–Crippen MR) is 44.6 cm³/mol. The molecular weight excluding hydrogens is 136 g/mol. The van der Waals surface area contributed by atoms with Gasteiger partial charge in [-0.25, -0.2) is 4.98 Å². The fraction of sp³-hybridized carbons (Fsp3) is 0. The van der Waals surface area contributed by atoms with Crippen LogP contribution in [0.2, 0.25) is 0 Å². The van der Waals surface area contributed by atoms with E-state index in [0.717, 1.165) is 11.0 Å². The van der Waals surface area contributed by atoms with Crippen LogP contribution in [-0.4, -0.2) is 33.0 Å². The van der Waals surface area contributed by atoms with E-state index < -0.39 is 0 Å². The molecule has 0 saturated heterocycles. The average Bonchev–Trinajstić information content (AvgIpc) is 2.33. The highest BCUT2D eigenvalue weighted by molar-refractivity contribution is 5.75. The SMILES string of the molecule is [MgH2].c1ccc2[nH]cnc2c1. The minimum Gasteiger partial charge on any atom is -0.345 e. The lowest BCUT2D eigenvalue weighted by atomic mass is 10.3. The van der Waals surface area contributed by atoms with Crippen LogP contribution >= 0.6 is 0 Å². The molecule has 0 bridgehead atoms. The fourth-order valence-electron chi connectivity index (χ4n) is 0.880. The van der Waals surface area contributed by atoms with Crippen LogP contribution in [0.15, 0.2) is 30.6 Å². The molecule has 0 aliphatic heterocycles. The van der Waals surface area contributed by atoms with Crippen molar-refractivity contribution in [3.63, 3.8) is 0 Å². The van der Waals surface area contributed by atoms with Gasteiger partial charge in [0.15, 0.2) is 0 Å². The first kappa shape index (κ1) is 7.56. The molecular formula is C7H8MgN2. The van der Waals surface area contributed by atoms with Crippen molar-refractivity contribution in [3.8, 4) is 0 Å². The molecule has 48 valence electrons. The predicted octanol–water partition coefficient (Wildman–Crippen LogP) is 0.647. The summed E-state index contributed by atoms with van der Waals surface area (Å²) < 4.78 is 0. The maximum absolute atomic E-state index is 4.06. The molecule has 0 unspecified atom stereocenters. The molecule has 1 aromatic heterocycles. The minimum atomic E-state index is 0. The van der Waals surface area contributed by atoms with Gasteiger partial charge in [0.1, 0.15) is 0 Å². The third-order valence-corrected chi connectivity index (χ3v) is 1.33. The molecule has 0 saturated carbocycles. The van der Waals surface area contributed by atoms with Crippen molar-refractivity contribution in [2.24, 2.45) is 0 Å². The molecule has 3 heteroatoms. The summed E-state index contributed by atoms with van der Waals surface area (Å²) in [5.41, 5.74) is 2.12. The molecule has 2 rings (SSSR count). The van der Waals surface area contributed by atoms with Gasteiger partial charge in [0, 0.05) is 0 Å². The van der Waals surface area contributed by atoms with Gasteiger partial charge in [-0.1, -0.05) is 12.1 Å². The second-order valence-corrected chi connectivity index (χ2v) is 1.92. The maximum Gasteiger partial charge on any atom is 0.316 e. The summed E-state index contributed by atoms with van der Waals surface area (Å²) in [7, 11) is 0. The molecule has 0 radical (unpaired) electrons. The first-order valence-corrected chi connectivity index (χ1v) is 2.85. The van der Waals surface area contributed by atoms with Gasteiger partial charge in [-0.05, 0) is 12.1 Å². The number of nitrogens with zero attached hydrogens (tertiary/aromatic N) is 1. The van der Waals surface area contributed by atoms with Gasteiger partial charge < -0.3 is 4.98 Å². The Bertz CT molecular complexity index is 286. The molecule has 1 N–H and O–H groups in total. The lowest BCUT2D eigenvalue weighted by Crippen LogP contribution is -1.63. The molecule has 10 heavy (non-hydrogen) atoms. The van der Waals surface area contributed by atoms with Gasteiger partial charge in [0.25, 0.3) is 0 Å². The number of imidazole rings is 1. The van der Waals surface area contributed by atoms with Gasteiger partial charge >= 0.3 is 23.1 Å². The Labute approximate surface area is 74.8 Å². The number of hydrogen-bond donors (Lipinski definition) is 1. The molecule has 0 aliphatic rings. The summed E-state index contributed by atoms with van der Waals surface area (Å²) >= 11 is 0. The Kier molecular flexibility index (Phi) is 2.29. The summed E-state index contributed by atoms with van der Waals surface area (Å²) in [4.78, 5) is 7.07. The monoisotopic (exact) mass is 144 g/mol. The second-order valence-electron chi connectivity index (χ2n) is 1.92. The van der Waals surface area contributed by atoms with E-state index in [1.165, 1.54) is 0 Å². The molecule has 0 aliphatic carbocycles. The van der Waals surface area contributed by atoms with Crippen molar-refractivity contribution in [1.29, 1.82) is 0 Å².